The van der Waals surface area contributed by atoms with Crippen molar-refractivity contribution in [2.45, 2.75) is 27.7 Å². The first-order valence-electron chi connectivity index (χ1n) is 7.29. The Bertz CT molecular complexity index is 886. The number of aryl methyl sites for hydroxylation is 4. The number of hydrogen-bond acceptors (Lipinski definition) is 2. The third kappa shape index (κ3) is 2.19. The third-order valence-corrected chi connectivity index (χ3v) is 4.32. The molecule has 5 nitrogen and oxygen atoms in total. The molecule has 0 radical (unpaired) electrons. The zero-order valence-corrected chi connectivity index (χ0v) is 13.5. The van der Waals surface area contributed by atoms with Crippen LogP contribution in [-0.4, -0.2) is 20.7 Å². The molecule has 0 saturated carbocycles. The minimum atomic E-state index is -0.112. The summed E-state index contributed by atoms with van der Waals surface area (Å²) < 4.78 is 1.77. The molecule has 1 aromatic carbocycles. The second-order valence-electron chi connectivity index (χ2n) is 5.76. The van der Waals surface area contributed by atoms with Crippen LogP contribution in [0.3, 0.4) is 0 Å². The molecule has 2 heterocycles. The van der Waals surface area contributed by atoms with E-state index in [1.54, 1.807) is 4.68 Å². The first kappa shape index (κ1) is 14.4. The van der Waals surface area contributed by atoms with Crippen LogP contribution in [0.2, 0.25) is 0 Å². The highest BCUT2D eigenvalue weighted by molar-refractivity contribution is 6.07. The molecule has 0 unspecified atom stereocenters. The maximum Gasteiger partial charge on any atom is 0.255 e. The summed E-state index contributed by atoms with van der Waals surface area (Å²) in [6.07, 6.45) is 0. The molecule has 0 bridgehead atoms. The SMILES string of the molecule is Cc1nn(C)c(C)c1NC(=O)c1ccc2[nH]c(C)c(C)c2c1. The third-order valence-electron chi connectivity index (χ3n) is 4.32. The Balaban J connectivity index is 1.97. The van der Waals surface area contributed by atoms with Crippen LogP contribution in [0.5, 0.6) is 0 Å². The number of anilines is 1. The van der Waals surface area contributed by atoms with Gasteiger partial charge in [-0.2, -0.15) is 5.10 Å². The van der Waals surface area contributed by atoms with Crippen molar-refractivity contribution in [3.8, 4) is 0 Å². The molecule has 114 valence electrons. The molecule has 3 rings (SSSR count). The summed E-state index contributed by atoms with van der Waals surface area (Å²) in [5, 5.41) is 8.38. The molecular weight excluding hydrogens is 276 g/mol. The smallest absolute Gasteiger partial charge is 0.255 e. The van der Waals surface area contributed by atoms with Crippen molar-refractivity contribution in [2.75, 3.05) is 5.32 Å². The second-order valence-corrected chi connectivity index (χ2v) is 5.76. The van der Waals surface area contributed by atoms with Crippen LogP contribution >= 0.6 is 0 Å². The normalized spacial score (nSPS) is 11.1. The second kappa shape index (κ2) is 5.02. The van der Waals surface area contributed by atoms with E-state index in [9.17, 15) is 4.79 Å². The van der Waals surface area contributed by atoms with Crippen LogP contribution in [0, 0.1) is 27.7 Å². The fourth-order valence-corrected chi connectivity index (χ4v) is 2.74. The average molecular weight is 296 g/mol. The van der Waals surface area contributed by atoms with Gasteiger partial charge in [0, 0.05) is 29.2 Å². The van der Waals surface area contributed by atoms with E-state index in [2.05, 4.69) is 22.3 Å². The van der Waals surface area contributed by atoms with Crippen LogP contribution in [0.4, 0.5) is 5.69 Å². The highest BCUT2D eigenvalue weighted by Gasteiger charge is 2.15. The number of aromatic nitrogens is 3. The van der Waals surface area contributed by atoms with Gasteiger partial charge in [0.25, 0.3) is 5.91 Å². The summed E-state index contributed by atoms with van der Waals surface area (Å²) in [5.74, 6) is -0.112. The number of amides is 1. The van der Waals surface area contributed by atoms with Gasteiger partial charge in [-0.25, -0.2) is 0 Å². The average Bonchev–Trinajstić information content (AvgIpc) is 2.90. The topological polar surface area (TPSA) is 62.7 Å². The molecule has 0 saturated heterocycles. The number of rotatable bonds is 2. The summed E-state index contributed by atoms with van der Waals surface area (Å²) in [4.78, 5) is 15.9. The number of carbonyl (C=O) groups is 1. The number of nitrogens with zero attached hydrogens (tertiary/aromatic N) is 2. The van der Waals surface area contributed by atoms with Gasteiger partial charge in [0.15, 0.2) is 0 Å². The standard InChI is InChI=1S/C17H20N4O/c1-9-10(2)18-15-7-6-13(8-14(9)15)17(22)19-16-11(3)20-21(5)12(16)4/h6-8,18H,1-5H3,(H,19,22). The van der Waals surface area contributed by atoms with Crippen LogP contribution in [0.1, 0.15) is 33.0 Å². The van der Waals surface area contributed by atoms with Crippen molar-refractivity contribution in [3.63, 3.8) is 0 Å². The quantitative estimate of drug-likeness (QED) is 0.761. The summed E-state index contributed by atoms with van der Waals surface area (Å²) in [5.41, 5.74) is 6.57. The zero-order chi connectivity index (χ0) is 16.0. The van der Waals surface area contributed by atoms with E-state index < -0.39 is 0 Å². The Morgan fingerprint density at radius 1 is 1.23 bits per heavy atom. The number of benzene rings is 1. The lowest BCUT2D eigenvalue weighted by Crippen LogP contribution is -2.13. The molecule has 0 aliphatic heterocycles. The molecule has 2 aromatic heterocycles. The van der Waals surface area contributed by atoms with Gasteiger partial charge in [0.1, 0.15) is 0 Å². The van der Waals surface area contributed by atoms with E-state index in [0.29, 0.717) is 5.56 Å². The van der Waals surface area contributed by atoms with Crippen LogP contribution in [0.25, 0.3) is 10.9 Å². The molecular formula is C17H20N4O. The fraction of sp³-hybridized carbons (Fsp3) is 0.294. The van der Waals surface area contributed by atoms with Crippen molar-refractivity contribution in [1.29, 1.82) is 0 Å². The van der Waals surface area contributed by atoms with Gasteiger partial charge < -0.3 is 10.3 Å². The molecule has 5 heteroatoms. The van der Waals surface area contributed by atoms with E-state index in [4.69, 9.17) is 0 Å². The maximum absolute atomic E-state index is 12.5. The van der Waals surface area contributed by atoms with Gasteiger partial charge in [-0.05, 0) is 51.5 Å². The van der Waals surface area contributed by atoms with Crippen molar-refractivity contribution in [2.24, 2.45) is 7.05 Å². The number of hydrogen-bond donors (Lipinski definition) is 2. The van der Waals surface area contributed by atoms with Crippen LogP contribution < -0.4 is 5.32 Å². The van der Waals surface area contributed by atoms with Crippen LogP contribution in [-0.2, 0) is 7.05 Å². The van der Waals surface area contributed by atoms with Crippen molar-refractivity contribution < 1.29 is 4.79 Å². The Kier molecular flexibility index (Phi) is 3.28. The minimum absolute atomic E-state index is 0.112. The fourth-order valence-electron chi connectivity index (χ4n) is 2.74. The van der Waals surface area contributed by atoms with Gasteiger partial charge in [-0.15, -0.1) is 0 Å². The molecule has 0 fully saturated rings. The summed E-state index contributed by atoms with van der Waals surface area (Å²) in [6, 6.07) is 5.73. The largest absolute Gasteiger partial charge is 0.358 e. The summed E-state index contributed by atoms with van der Waals surface area (Å²) in [6.45, 7) is 7.94. The molecule has 0 aliphatic rings. The van der Waals surface area contributed by atoms with E-state index >= 15 is 0 Å². The van der Waals surface area contributed by atoms with Gasteiger partial charge in [0.05, 0.1) is 17.1 Å². The molecule has 2 N–H and O–H groups in total. The Morgan fingerprint density at radius 3 is 2.59 bits per heavy atom. The monoisotopic (exact) mass is 296 g/mol. The molecule has 0 atom stereocenters. The van der Waals surface area contributed by atoms with E-state index in [1.807, 2.05) is 46.0 Å². The predicted molar refractivity (Wildman–Crippen MR) is 88.4 cm³/mol. The van der Waals surface area contributed by atoms with Crippen LogP contribution in [0.15, 0.2) is 18.2 Å². The highest BCUT2D eigenvalue weighted by Crippen LogP contribution is 2.24. The minimum Gasteiger partial charge on any atom is -0.358 e. The number of nitrogens with one attached hydrogen (secondary N) is 2. The highest BCUT2D eigenvalue weighted by atomic mass is 16.1. The Morgan fingerprint density at radius 2 is 1.95 bits per heavy atom. The lowest BCUT2D eigenvalue weighted by molar-refractivity contribution is 0.102. The molecule has 0 aliphatic carbocycles. The van der Waals surface area contributed by atoms with Gasteiger partial charge in [0.2, 0.25) is 0 Å². The van der Waals surface area contributed by atoms with Gasteiger partial charge >= 0.3 is 0 Å². The first-order valence-corrected chi connectivity index (χ1v) is 7.29. The van der Waals surface area contributed by atoms with Crippen molar-refractivity contribution >= 4 is 22.5 Å². The first-order chi connectivity index (χ1) is 10.4. The van der Waals surface area contributed by atoms with E-state index in [0.717, 1.165) is 33.7 Å². The number of H-pyrrole nitrogens is 1. The van der Waals surface area contributed by atoms with Gasteiger partial charge in [-0.3, -0.25) is 9.48 Å². The maximum atomic E-state index is 12.5. The predicted octanol–water partition coefficient (Wildman–Crippen LogP) is 3.39. The molecule has 3 aromatic rings. The lowest BCUT2D eigenvalue weighted by Gasteiger charge is -2.06. The Labute approximate surface area is 129 Å². The molecule has 1 amide bonds. The van der Waals surface area contributed by atoms with Crippen molar-refractivity contribution in [1.82, 2.24) is 14.8 Å². The van der Waals surface area contributed by atoms with Crippen molar-refractivity contribution in [3.05, 3.63) is 46.4 Å². The lowest BCUT2D eigenvalue weighted by atomic mass is 10.1. The van der Waals surface area contributed by atoms with E-state index in [-0.39, 0.29) is 5.91 Å². The number of fused-ring (bicyclic) bond motifs is 1. The number of carbonyl (C=O) groups excluding carboxylic acids is 1. The summed E-state index contributed by atoms with van der Waals surface area (Å²) >= 11 is 0. The Hall–Kier alpha value is -2.56. The molecule has 22 heavy (non-hydrogen) atoms. The number of aromatic amines is 1. The molecule has 0 spiro atoms. The van der Waals surface area contributed by atoms with Gasteiger partial charge in [-0.1, -0.05) is 0 Å². The van der Waals surface area contributed by atoms with E-state index in [1.165, 1.54) is 5.56 Å². The summed E-state index contributed by atoms with van der Waals surface area (Å²) in [7, 11) is 1.87. The zero-order valence-electron chi connectivity index (χ0n) is 13.5.